The van der Waals surface area contributed by atoms with Gasteiger partial charge in [-0.25, -0.2) is 0 Å². The lowest BCUT2D eigenvalue weighted by Crippen LogP contribution is -2.44. The minimum Gasteiger partial charge on any atom is -0.481 e. The van der Waals surface area contributed by atoms with Crippen molar-refractivity contribution in [2.75, 3.05) is 0 Å². The fourth-order valence-electron chi connectivity index (χ4n) is 5.03. The summed E-state index contributed by atoms with van der Waals surface area (Å²) < 4.78 is 0. The molecule has 0 aromatic carbocycles. The van der Waals surface area contributed by atoms with Gasteiger partial charge in [0.2, 0.25) is 0 Å². The molecule has 0 saturated carbocycles. The summed E-state index contributed by atoms with van der Waals surface area (Å²) in [6.07, 6.45) is 16.3. The standard InChI is InChI=1S/C26H50O4/c1-5-9-12-14-15-17-19-22(24(27)28)23(20-16-11-7-3)26(8-4,25(29)30)21-18-13-10-6-2/h22-23H,5-21H2,1-4H3,(H,27,28)(H,29,30). The van der Waals surface area contributed by atoms with E-state index < -0.39 is 23.3 Å². The summed E-state index contributed by atoms with van der Waals surface area (Å²) in [6, 6.07) is 0. The molecule has 0 rings (SSSR count). The van der Waals surface area contributed by atoms with Gasteiger partial charge in [0, 0.05) is 0 Å². The highest BCUT2D eigenvalue weighted by molar-refractivity contribution is 5.77. The van der Waals surface area contributed by atoms with Crippen molar-refractivity contribution in [2.45, 2.75) is 137 Å². The van der Waals surface area contributed by atoms with Gasteiger partial charge < -0.3 is 10.2 Å². The summed E-state index contributed by atoms with van der Waals surface area (Å²) in [6.45, 7) is 8.43. The zero-order valence-electron chi connectivity index (χ0n) is 20.4. The smallest absolute Gasteiger partial charge is 0.309 e. The van der Waals surface area contributed by atoms with Crippen LogP contribution < -0.4 is 0 Å². The van der Waals surface area contributed by atoms with Crippen LogP contribution >= 0.6 is 0 Å². The molecule has 0 aliphatic heterocycles. The van der Waals surface area contributed by atoms with Gasteiger partial charge in [0.05, 0.1) is 11.3 Å². The van der Waals surface area contributed by atoms with Crippen LogP contribution in [0.3, 0.4) is 0 Å². The van der Waals surface area contributed by atoms with Gasteiger partial charge >= 0.3 is 11.9 Å². The Balaban J connectivity index is 5.48. The maximum absolute atomic E-state index is 12.6. The van der Waals surface area contributed by atoms with E-state index in [1.165, 1.54) is 19.3 Å². The molecule has 178 valence electrons. The summed E-state index contributed by atoms with van der Waals surface area (Å²) in [5.74, 6) is -2.40. The highest BCUT2D eigenvalue weighted by atomic mass is 16.4. The van der Waals surface area contributed by atoms with Crippen molar-refractivity contribution in [3.8, 4) is 0 Å². The van der Waals surface area contributed by atoms with E-state index >= 15 is 0 Å². The Morgan fingerprint density at radius 1 is 0.667 bits per heavy atom. The second-order valence-corrected chi connectivity index (χ2v) is 9.23. The Morgan fingerprint density at radius 3 is 1.63 bits per heavy atom. The first kappa shape index (κ1) is 28.9. The molecule has 0 aromatic rings. The van der Waals surface area contributed by atoms with E-state index in [4.69, 9.17) is 0 Å². The van der Waals surface area contributed by atoms with Gasteiger partial charge in [0.1, 0.15) is 0 Å². The summed E-state index contributed by atoms with van der Waals surface area (Å²) in [4.78, 5) is 24.9. The minimum atomic E-state index is -0.910. The van der Waals surface area contributed by atoms with Crippen LogP contribution in [0.5, 0.6) is 0 Å². The van der Waals surface area contributed by atoms with Crippen molar-refractivity contribution in [1.29, 1.82) is 0 Å². The summed E-state index contributed by atoms with van der Waals surface area (Å²) in [5.41, 5.74) is -0.910. The molecule has 0 aromatic heterocycles. The number of carbonyl (C=O) groups is 2. The zero-order valence-corrected chi connectivity index (χ0v) is 20.4. The largest absolute Gasteiger partial charge is 0.481 e. The Morgan fingerprint density at radius 2 is 1.13 bits per heavy atom. The van der Waals surface area contributed by atoms with Crippen LogP contribution in [0.4, 0.5) is 0 Å². The fraction of sp³-hybridized carbons (Fsp3) is 0.923. The van der Waals surface area contributed by atoms with Crippen LogP contribution in [0.15, 0.2) is 0 Å². The van der Waals surface area contributed by atoms with Crippen molar-refractivity contribution in [2.24, 2.45) is 17.3 Å². The molecule has 2 N–H and O–H groups in total. The fourth-order valence-corrected chi connectivity index (χ4v) is 5.03. The molecule has 0 fully saturated rings. The first-order chi connectivity index (χ1) is 14.4. The maximum Gasteiger partial charge on any atom is 0.309 e. The Labute approximate surface area is 186 Å². The third-order valence-corrected chi connectivity index (χ3v) is 7.03. The molecule has 0 spiro atoms. The highest BCUT2D eigenvalue weighted by Gasteiger charge is 2.48. The summed E-state index contributed by atoms with van der Waals surface area (Å²) >= 11 is 0. The van der Waals surface area contributed by atoms with Crippen LogP contribution in [0.25, 0.3) is 0 Å². The molecule has 0 radical (unpaired) electrons. The van der Waals surface area contributed by atoms with E-state index in [0.29, 0.717) is 25.7 Å². The van der Waals surface area contributed by atoms with Gasteiger partial charge in [-0.1, -0.05) is 111 Å². The first-order valence-corrected chi connectivity index (χ1v) is 12.9. The molecule has 0 saturated heterocycles. The number of rotatable bonds is 21. The van der Waals surface area contributed by atoms with Crippen LogP contribution in [0.1, 0.15) is 137 Å². The van der Waals surface area contributed by atoms with Gasteiger partial charge in [0.25, 0.3) is 0 Å². The Kier molecular flexibility index (Phi) is 17.0. The number of unbranched alkanes of at least 4 members (excludes halogenated alkanes) is 10. The predicted octanol–water partition coefficient (Wildman–Crippen LogP) is 8.09. The second-order valence-electron chi connectivity index (χ2n) is 9.23. The monoisotopic (exact) mass is 426 g/mol. The normalized spacial score (nSPS) is 15.5. The lowest BCUT2D eigenvalue weighted by molar-refractivity contribution is -0.160. The predicted molar refractivity (Wildman–Crippen MR) is 126 cm³/mol. The van der Waals surface area contributed by atoms with Gasteiger partial charge in [-0.3, -0.25) is 9.59 Å². The van der Waals surface area contributed by atoms with Crippen LogP contribution in [0, 0.1) is 17.3 Å². The molecule has 4 nitrogen and oxygen atoms in total. The van der Waals surface area contributed by atoms with Gasteiger partial charge in [0.15, 0.2) is 0 Å². The van der Waals surface area contributed by atoms with E-state index in [9.17, 15) is 19.8 Å². The van der Waals surface area contributed by atoms with E-state index in [0.717, 1.165) is 64.2 Å². The molecule has 0 aliphatic carbocycles. The summed E-state index contributed by atoms with van der Waals surface area (Å²) in [7, 11) is 0. The molecule has 0 bridgehead atoms. The number of aliphatic carboxylic acids is 2. The lowest BCUT2D eigenvalue weighted by Gasteiger charge is -2.40. The molecular formula is C26H50O4. The number of hydrogen-bond acceptors (Lipinski definition) is 2. The van der Waals surface area contributed by atoms with E-state index in [-0.39, 0.29) is 5.92 Å². The van der Waals surface area contributed by atoms with Gasteiger partial charge in [-0.2, -0.15) is 0 Å². The van der Waals surface area contributed by atoms with Crippen LogP contribution in [0.2, 0.25) is 0 Å². The average molecular weight is 427 g/mol. The molecule has 30 heavy (non-hydrogen) atoms. The van der Waals surface area contributed by atoms with E-state index in [1.54, 1.807) is 0 Å². The molecule has 0 amide bonds. The summed E-state index contributed by atoms with van der Waals surface area (Å²) in [5, 5.41) is 20.4. The Hall–Kier alpha value is -1.06. The molecule has 3 atom stereocenters. The molecule has 4 heteroatoms. The minimum absolute atomic E-state index is 0.277. The highest BCUT2D eigenvalue weighted by Crippen LogP contribution is 2.46. The zero-order chi connectivity index (χ0) is 22.8. The van der Waals surface area contributed by atoms with Crippen LogP contribution in [-0.2, 0) is 9.59 Å². The van der Waals surface area contributed by atoms with Crippen LogP contribution in [-0.4, -0.2) is 22.2 Å². The van der Waals surface area contributed by atoms with Crippen molar-refractivity contribution in [3.63, 3.8) is 0 Å². The number of carboxylic acids is 2. The maximum atomic E-state index is 12.6. The van der Waals surface area contributed by atoms with E-state index in [1.807, 2.05) is 6.92 Å². The molecule has 0 aliphatic rings. The van der Waals surface area contributed by atoms with Crippen molar-refractivity contribution >= 4 is 11.9 Å². The first-order valence-electron chi connectivity index (χ1n) is 12.9. The van der Waals surface area contributed by atoms with E-state index in [2.05, 4.69) is 20.8 Å². The van der Waals surface area contributed by atoms with Crippen molar-refractivity contribution < 1.29 is 19.8 Å². The molecule has 0 heterocycles. The van der Waals surface area contributed by atoms with Gasteiger partial charge in [-0.15, -0.1) is 0 Å². The SMILES string of the molecule is CCCCCCCCC(C(=O)O)C(CCCCC)C(CC)(CCCCCC)C(=O)O. The van der Waals surface area contributed by atoms with Crippen molar-refractivity contribution in [3.05, 3.63) is 0 Å². The third-order valence-electron chi connectivity index (χ3n) is 7.03. The van der Waals surface area contributed by atoms with Crippen molar-refractivity contribution in [1.82, 2.24) is 0 Å². The number of hydrogen-bond donors (Lipinski definition) is 2. The van der Waals surface area contributed by atoms with Gasteiger partial charge in [-0.05, 0) is 31.6 Å². The Bertz CT molecular complexity index is 448. The molecule has 3 unspecified atom stereocenters. The topological polar surface area (TPSA) is 74.6 Å². The number of carboxylic acid groups (broad SMARTS) is 2. The third kappa shape index (κ3) is 10.3. The second kappa shape index (κ2) is 17.6. The molecular weight excluding hydrogens is 376 g/mol. The lowest BCUT2D eigenvalue weighted by atomic mass is 9.62. The average Bonchev–Trinajstić information content (AvgIpc) is 2.72. The quantitative estimate of drug-likeness (QED) is 0.182.